The predicted molar refractivity (Wildman–Crippen MR) is 38.0 cm³/mol. The fourth-order valence-corrected chi connectivity index (χ4v) is 1.90. The summed E-state index contributed by atoms with van der Waals surface area (Å²) in [6, 6.07) is 0. The number of nitrogens with one attached hydrogen (secondary N) is 2. The number of halogens is 2. The van der Waals surface area contributed by atoms with Crippen LogP contribution >= 0.6 is 0 Å². The average molecular weight is 162 g/mol. The molecule has 1 spiro atoms. The molecule has 0 aromatic carbocycles. The molecule has 2 N–H and O–H groups in total. The van der Waals surface area contributed by atoms with Crippen molar-refractivity contribution in [2.45, 2.75) is 5.67 Å². The van der Waals surface area contributed by atoms with Crippen molar-refractivity contribution in [1.82, 2.24) is 10.6 Å². The molecule has 64 valence electrons. The quantitative estimate of drug-likeness (QED) is 0.560. The van der Waals surface area contributed by atoms with Gasteiger partial charge in [-0.2, -0.15) is 0 Å². The van der Waals surface area contributed by atoms with Crippen LogP contribution in [0, 0.1) is 5.41 Å². The third-order valence-corrected chi connectivity index (χ3v) is 2.96. The molecule has 0 radical (unpaired) electrons. The molecule has 2 rings (SSSR count). The molecule has 1 unspecified atom stereocenters. The summed E-state index contributed by atoms with van der Waals surface area (Å²) < 4.78 is 26.0. The minimum Gasteiger partial charge on any atom is -0.315 e. The van der Waals surface area contributed by atoms with Crippen molar-refractivity contribution in [2.24, 2.45) is 5.41 Å². The molecule has 2 saturated heterocycles. The number of hydrogen-bond acceptors (Lipinski definition) is 2. The van der Waals surface area contributed by atoms with Crippen molar-refractivity contribution in [3.8, 4) is 0 Å². The minimum atomic E-state index is -1.61. The monoisotopic (exact) mass is 162 g/mol. The van der Waals surface area contributed by atoms with Gasteiger partial charge in [-0.3, -0.25) is 0 Å². The van der Waals surface area contributed by atoms with Gasteiger partial charge in [0.25, 0.3) is 0 Å². The summed E-state index contributed by atoms with van der Waals surface area (Å²) in [4.78, 5) is 0. The van der Waals surface area contributed by atoms with E-state index in [2.05, 4.69) is 10.6 Å². The van der Waals surface area contributed by atoms with E-state index in [1.54, 1.807) is 0 Å². The Morgan fingerprint density at radius 3 is 2.00 bits per heavy atom. The van der Waals surface area contributed by atoms with Crippen LogP contribution in [0.15, 0.2) is 0 Å². The molecule has 11 heavy (non-hydrogen) atoms. The molecule has 0 aliphatic carbocycles. The van der Waals surface area contributed by atoms with Gasteiger partial charge in [0.15, 0.2) is 5.67 Å². The van der Waals surface area contributed by atoms with Crippen LogP contribution in [0.2, 0.25) is 0 Å². The lowest BCUT2D eigenvalue weighted by Gasteiger charge is -2.45. The zero-order valence-electron chi connectivity index (χ0n) is 6.29. The van der Waals surface area contributed by atoms with Crippen molar-refractivity contribution in [3.63, 3.8) is 0 Å². The molecule has 0 aromatic rings. The maximum Gasteiger partial charge on any atom is 0.160 e. The van der Waals surface area contributed by atoms with Crippen molar-refractivity contribution >= 4 is 0 Å². The first kappa shape index (κ1) is 7.43. The average Bonchev–Trinajstić information content (AvgIpc) is 2.27. The van der Waals surface area contributed by atoms with Crippen molar-refractivity contribution < 1.29 is 8.78 Å². The van der Waals surface area contributed by atoms with Gasteiger partial charge in [-0.15, -0.1) is 0 Å². The fraction of sp³-hybridized carbons (Fsp3) is 1.00. The molecule has 2 heterocycles. The van der Waals surface area contributed by atoms with E-state index in [4.69, 9.17) is 0 Å². The molecular weight excluding hydrogens is 150 g/mol. The van der Waals surface area contributed by atoms with Crippen LogP contribution in [-0.2, 0) is 0 Å². The molecule has 4 heteroatoms. The van der Waals surface area contributed by atoms with Gasteiger partial charge >= 0.3 is 0 Å². The second kappa shape index (κ2) is 2.14. The van der Waals surface area contributed by atoms with Crippen LogP contribution < -0.4 is 10.6 Å². The van der Waals surface area contributed by atoms with Gasteiger partial charge < -0.3 is 10.6 Å². The maximum absolute atomic E-state index is 13.7. The van der Waals surface area contributed by atoms with E-state index < -0.39 is 17.8 Å². The lowest BCUT2D eigenvalue weighted by atomic mass is 9.71. The van der Waals surface area contributed by atoms with Crippen molar-refractivity contribution in [1.29, 1.82) is 0 Å². The van der Waals surface area contributed by atoms with E-state index >= 15 is 0 Å². The van der Waals surface area contributed by atoms with Crippen LogP contribution in [0.5, 0.6) is 0 Å². The smallest absolute Gasteiger partial charge is 0.160 e. The van der Waals surface area contributed by atoms with Gasteiger partial charge in [0.1, 0.15) is 6.67 Å². The summed E-state index contributed by atoms with van der Waals surface area (Å²) >= 11 is 0. The van der Waals surface area contributed by atoms with E-state index in [1.165, 1.54) is 0 Å². The highest BCUT2D eigenvalue weighted by Gasteiger charge is 2.59. The molecule has 0 aromatic heterocycles. The number of alkyl halides is 2. The third kappa shape index (κ3) is 0.767. The molecule has 0 bridgehead atoms. The first-order valence-corrected chi connectivity index (χ1v) is 3.89. The van der Waals surface area contributed by atoms with Crippen LogP contribution in [-0.4, -0.2) is 38.5 Å². The van der Waals surface area contributed by atoms with E-state index in [9.17, 15) is 8.78 Å². The third-order valence-electron chi connectivity index (χ3n) is 2.96. The summed E-state index contributed by atoms with van der Waals surface area (Å²) in [5.41, 5.74) is -2.06. The summed E-state index contributed by atoms with van der Waals surface area (Å²) in [6.45, 7) is 1.15. The zero-order chi connectivity index (χ0) is 7.95. The van der Waals surface area contributed by atoms with Crippen LogP contribution in [0.3, 0.4) is 0 Å². The Hall–Kier alpha value is -0.220. The Balaban J connectivity index is 2.19. The first-order chi connectivity index (χ1) is 5.22. The first-order valence-electron chi connectivity index (χ1n) is 3.89. The van der Waals surface area contributed by atoms with Gasteiger partial charge in [0, 0.05) is 31.6 Å². The molecule has 2 fully saturated rings. The summed E-state index contributed by atoms with van der Waals surface area (Å²) in [7, 11) is 0. The number of hydrogen-bond donors (Lipinski definition) is 2. The molecule has 0 saturated carbocycles. The van der Waals surface area contributed by atoms with Crippen molar-refractivity contribution in [2.75, 3.05) is 32.9 Å². The highest BCUT2D eigenvalue weighted by atomic mass is 19.2. The lowest BCUT2D eigenvalue weighted by molar-refractivity contribution is -0.0208. The lowest BCUT2D eigenvalue weighted by Crippen LogP contribution is -2.64. The normalized spacial score (nSPS) is 40.9. The highest BCUT2D eigenvalue weighted by molar-refractivity contribution is 5.13. The summed E-state index contributed by atoms with van der Waals surface area (Å²) in [5, 5.41) is 5.89. The fourth-order valence-electron chi connectivity index (χ4n) is 1.90. The Labute approximate surface area is 64.3 Å². The summed E-state index contributed by atoms with van der Waals surface area (Å²) in [6.07, 6.45) is 0. The van der Waals surface area contributed by atoms with Gasteiger partial charge in [0.05, 0.1) is 0 Å². The second-order valence-corrected chi connectivity index (χ2v) is 3.59. The zero-order valence-corrected chi connectivity index (χ0v) is 6.29. The molecule has 2 aliphatic heterocycles. The molecule has 2 nitrogen and oxygen atoms in total. The maximum atomic E-state index is 13.7. The van der Waals surface area contributed by atoms with Crippen LogP contribution in [0.25, 0.3) is 0 Å². The van der Waals surface area contributed by atoms with E-state index in [0.29, 0.717) is 19.6 Å². The highest BCUT2D eigenvalue weighted by Crippen LogP contribution is 2.41. The van der Waals surface area contributed by atoms with Crippen LogP contribution in [0.1, 0.15) is 0 Å². The Morgan fingerprint density at radius 1 is 1.09 bits per heavy atom. The Bertz CT molecular complexity index is 160. The van der Waals surface area contributed by atoms with Crippen LogP contribution in [0.4, 0.5) is 8.78 Å². The predicted octanol–water partition coefficient (Wildman–Crippen LogP) is -0.143. The van der Waals surface area contributed by atoms with E-state index in [1.807, 2.05) is 0 Å². The second-order valence-electron chi connectivity index (χ2n) is 3.59. The molecule has 2 aliphatic rings. The van der Waals surface area contributed by atoms with Gasteiger partial charge in [-0.25, -0.2) is 8.78 Å². The number of rotatable bonds is 1. The molecule has 0 amide bonds. The van der Waals surface area contributed by atoms with Gasteiger partial charge in [-0.05, 0) is 0 Å². The van der Waals surface area contributed by atoms with E-state index in [-0.39, 0.29) is 6.54 Å². The largest absolute Gasteiger partial charge is 0.315 e. The Kier molecular flexibility index (Phi) is 1.44. The molecule has 1 atom stereocenters. The van der Waals surface area contributed by atoms with Gasteiger partial charge in [0.2, 0.25) is 0 Å². The minimum absolute atomic E-state index is 0.172. The van der Waals surface area contributed by atoms with Crippen molar-refractivity contribution in [3.05, 3.63) is 0 Å². The SMILES string of the molecule is FCC1(F)CNCC12CNC2. The summed E-state index contributed by atoms with van der Waals surface area (Å²) in [5.74, 6) is 0. The van der Waals surface area contributed by atoms with E-state index in [0.717, 1.165) is 0 Å². The molecular formula is C7H12F2N2. The Morgan fingerprint density at radius 2 is 1.64 bits per heavy atom. The topological polar surface area (TPSA) is 24.1 Å². The standard InChI is InChI=1S/C7H12F2N2/c8-1-7(9)5-11-4-6(7)2-10-3-6/h10-11H,1-5H2. The van der Waals surface area contributed by atoms with Gasteiger partial charge in [-0.1, -0.05) is 0 Å².